The number of nitrogens with one attached hydrogen (secondary N) is 2. The van der Waals surface area contributed by atoms with Gasteiger partial charge in [-0.15, -0.1) is 0 Å². The number of hydrogen-bond donors (Lipinski definition) is 2. The molecule has 0 saturated carbocycles. The fourth-order valence-corrected chi connectivity index (χ4v) is 4.66. The molecule has 4 rings (SSSR count). The molecule has 2 N–H and O–H groups in total. The average Bonchev–Trinajstić information content (AvgIpc) is 2.87. The lowest BCUT2D eigenvalue weighted by molar-refractivity contribution is -0.145. The lowest BCUT2D eigenvalue weighted by Gasteiger charge is -2.38. The maximum Gasteiger partial charge on any atom is 0.243 e. The SMILES string of the molecule is CCc1ccc(NC(=O)CC2C(=O)NCCN2C(=O)CN2CCN(Cc3ccccc3)CC2)cc1. The maximum atomic E-state index is 13.2. The van der Waals surface area contributed by atoms with Gasteiger partial charge < -0.3 is 15.5 Å². The van der Waals surface area contributed by atoms with Gasteiger partial charge in [0.25, 0.3) is 0 Å². The van der Waals surface area contributed by atoms with Crippen LogP contribution in [0.25, 0.3) is 0 Å². The van der Waals surface area contributed by atoms with Crippen molar-refractivity contribution in [2.45, 2.75) is 32.4 Å². The standard InChI is InChI=1S/C27H35N5O3/c1-2-21-8-10-23(11-9-21)29-25(33)18-24-27(35)28-12-13-32(24)26(34)20-31-16-14-30(15-17-31)19-22-6-4-3-5-7-22/h3-11,24H,2,12-20H2,1H3,(H,28,35)(H,29,33). The number of nitrogens with zero attached hydrogens (tertiary/aromatic N) is 3. The summed E-state index contributed by atoms with van der Waals surface area (Å²) in [5.74, 6) is -0.640. The molecule has 0 radical (unpaired) electrons. The van der Waals surface area contributed by atoms with Crippen LogP contribution in [0.2, 0.25) is 0 Å². The molecule has 2 aliphatic heterocycles. The Kier molecular flexibility index (Phi) is 8.50. The Hall–Kier alpha value is -3.23. The number of hydrogen-bond acceptors (Lipinski definition) is 5. The molecular formula is C27H35N5O3. The molecule has 2 fully saturated rings. The number of aryl methyl sites for hydroxylation is 1. The third-order valence-corrected chi connectivity index (χ3v) is 6.75. The Labute approximate surface area is 207 Å². The topological polar surface area (TPSA) is 85.0 Å². The molecule has 1 unspecified atom stereocenters. The normalized spacial score (nSPS) is 19.3. The van der Waals surface area contributed by atoms with Crippen LogP contribution < -0.4 is 10.6 Å². The second-order valence-electron chi connectivity index (χ2n) is 9.23. The molecule has 0 aliphatic carbocycles. The Morgan fingerprint density at radius 1 is 0.914 bits per heavy atom. The van der Waals surface area contributed by atoms with Crippen molar-refractivity contribution in [1.82, 2.24) is 20.0 Å². The van der Waals surface area contributed by atoms with Crippen molar-refractivity contribution in [3.63, 3.8) is 0 Å². The molecule has 3 amide bonds. The highest BCUT2D eigenvalue weighted by Crippen LogP contribution is 2.15. The highest BCUT2D eigenvalue weighted by Gasteiger charge is 2.35. The Morgan fingerprint density at radius 2 is 1.60 bits per heavy atom. The first-order chi connectivity index (χ1) is 17.0. The van der Waals surface area contributed by atoms with Crippen LogP contribution in [-0.2, 0) is 27.3 Å². The van der Waals surface area contributed by atoms with E-state index in [9.17, 15) is 14.4 Å². The number of rotatable bonds is 8. The Bertz CT molecular complexity index is 1000. The van der Waals surface area contributed by atoms with Crippen molar-refractivity contribution >= 4 is 23.4 Å². The largest absolute Gasteiger partial charge is 0.353 e. The van der Waals surface area contributed by atoms with Crippen LogP contribution in [0.15, 0.2) is 54.6 Å². The van der Waals surface area contributed by atoms with Crippen molar-refractivity contribution in [1.29, 1.82) is 0 Å². The van der Waals surface area contributed by atoms with Gasteiger partial charge >= 0.3 is 0 Å². The molecule has 186 valence electrons. The molecule has 8 nitrogen and oxygen atoms in total. The zero-order valence-electron chi connectivity index (χ0n) is 20.4. The van der Waals surface area contributed by atoms with Gasteiger partial charge in [0.1, 0.15) is 6.04 Å². The first-order valence-corrected chi connectivity index (χ1v) is 12.5. The molecule has 0 spiro atoms. The van der Waals surface area contributed by atoms with Crippen LogP contribution in [0.3, 0.4) is 0 Å². The minimum absolute atomic E-state index is 0.0576. The average molecular weight is 478 g/mol. The molecular weight excluding hydrogens is 442 g/mol. The highest BCUT2D eigenvalue weighted by atomic mass is 16.2. The Morgan fingerprint density at radius 3 is 2.29 bits per heavy atom. The van der Waals surface area contributed by atoms with E-state index in [4.69, 9.17) is 0 Å². The predicted molar refractivity (Wildman–Crippen MR) is 136 cm³/mol. The number of carbonyl (C=O) groups excluding carboxylic acids is 3. The van der Waals surface area contributed by atoms with Gasteiger partial charge in [-0.05, 0) is 29.7 Å². The molecule has 2 aromatic rings. The zero-order chi connectivity index (χ0) is 24.6. The van der Waals surface area contributed by atoms with E-state index >= 15 is 0 Å². The molecule has 2 saturated heterocycles. The fraction of sp³-hybridized carbons (Fsp3) is 0.444. The minimum Gasteiger partial charge on any atom is -0.353 e. The maximum absolute atomic E-state index is 13.2. The van der Waals surface area contributed by atoms with Crippen LogP contribution in [-0.4, -0.2) is 84.3 Å². The van der Waals surface area contributed by atoms with E-state index in [2.05, 4.69) is 51.6 Å². The summed E-state index contributed by atoms with van der Waals surface area (Å²) in [5.41, 5.74) is 3.17. The van der Waals surface area contributed by atoms with Gasteiger partial charge in [-0.3, -0.25) is 24.2 Å². The van der Waals surface area contributed by atoms with Crippen molar-refractivity contribution in [3.05, 3.63) is 65.7 Å². The van der Waals surface area contributed by atoms with E-state index in [0.29, 0.717) is 18.8 Å². The van der Waals surface area contributed by atoms with Crippen LogP contribution in [0.5, 0.6) is 0 Å². The van der Waals surface area contributed by atoms with Gasteiger partial charge in [0.15, 0.2) is 0 Å². The van der Waals surface area contributed by atoms with Crippen LogP contribution in [0, 0.1) is 0 Å². The fourth-order valence-electron chi connectivity index (χ4n) is 4.66. The summed E-state index contributed by atoms with van der Waals surface area (Å²) in [7, 11) is 0. The number of piperazine rings is 2. The molecule has 0 bridgehead atoms. The zero-order valence-corrected chi connectivity index (χ0v) is 20.4. The van der Waals surface area contributed by atoms with E-state index in [1.54, 1.807) is 4.90 Å². The third-order valence-electron chi connectivity index (χ3n) is 6.75. The van der Waals surface area contributed by atoms with Crippen molar-refractivity contribution in [2.24, 2.45) is 0 Å². The highest BCUT2D eigenvalue weighted by molar-refractivity contribution is 5.97. The second-order valence-corrected chi connectivity index (χ2v) is 9.23. The lowest BCUT2D eigenvalue weighted by atomic mass is 10.1. The predicted octanol–water partition coefficient (Wildman–Crippen LogP) is 1.72. The van der Waals surface area contributed by atoms with Gasteiger partial charge in [0, 0.05) is 51.5 Å². The third kappa shape index (κ3) is 6.90. The monoisotopic (exact) mass is 477 g/mol. The number of benzene rings is 2. The summed E-state index contributed by atoms with van der Waals surface area (Å²) in [6.45, 7) is 7.47. The minimum atomic E-state index is -0.787. The molecule has 35 heavy (non-hydrogen) atoms. The van der Waals surface area contributed by atoms with Crippen molar-refractivity contribution in [3.8, 4) is 0 Å². The summed E-state index contributed by atoms with van der Waals surface area (Å²) in [6, 6.07) is 17.3. The van der Waals surface area contributed by atoms with E-state index in [-0.39, 0.29) is 30.7 Å². The van der Waals surface area contributed by atoms with E-state index in [0.717, 1.165) is 39.1 Å². The number of carbonyl (C=O) groups is 3. The van der Waals surface area contributed by atoms with Crippen LogP contribution in [0.1, 0.15) is 24.5 Å². The second kappa shape index (κ2) is 12.0. The number of amides is 3. The first-order valence-electron chi connectivity index (χ1n) is 12.5. The quantitative estimate of drug-likeness (QED) is 0.605. The van der Waals surface area contributed by atoms with Gasteiger partial charge in [-0.2, -0.15) is 0 Å². The van der Waals surface area contributed by atoms with Crippen LogP contribution >= 0.6 is 0 Å². The first kappa shape index (κ1) is 24.9. The smallest absolute Gasteiger partial charge is 0.243 e. The summed E-state index contributed by atoms with van der Waals surface area (Å²) in [4.78, 5) is 44.5. The molecule has 2 heterocycles. The lowest BCUT2D eigenvalue weighted by Crippen LogP contribution is -2.60. The summed E-state index contributed by atoms with van der Waals surface area (Å²) >= 11 is 0. The summed E-state index contributed by atoms with van der Waals surface area (Å²) in [5, 5.41) is 5.65. The summed E-state index contributed by atoms with van der Waals surface area (Å²) in [6.07, 6.45) is 0.869. The molecule has 0 aromatic heterocycles. The van der Waals surface area contributed by atoms with Gasteiger partial charge in [0.2, 0.25) is 17.7 Å². The Balaban J connectivity index is 1.28. The van der Waals surface area contributed by atoms with Crippen molar-refractivity contribution < 1.29 is 14.4 Å². The van der Waals surface area contributed by atoms with Gasteiger partial charge in [-0.1, -0.05) is 49.4 Å². The molecule has 2 aliphatic rings. The van der Waals surface area contributed by atoms with Crippen LogP contribution in [0.4, 0.5) is 5.69 Å². The van der Waals surface area contributed by atoms with E-state index < -0.39 is 6.04 Å². The molecule has 2 aromatic carbocycles. The van der Waals surface area contributed by atoms with E-state index in [1.807, 2.05) is 30.3 Å². The van der Waals surface area contributed by atoms with Gasteiger partial charge in [0.05, 0.1) is 13.0 Å². The molecule has 1 atom stereocenters. The van der Waals surface area contributed by atoms with Crippen molar-refractivity contribution in [2.75, 3.05) is 51.1 Å². The van der Waals surface area contributed by atoms with Gasteiger partial charge in [-0.25, -0.2) is 0 Å². The summed E-state index contributed by atoms with van der Waals surface area (Å²) < 4.78 is 0. The molecule has 8 heteroatoms. The number of anilines is 1. The van der Waals surface area contributed by atoms with E-state index in [1.165, 1.54) is 11.1 Å².